The Bertz CT molecular complexity index is 247. The van der Waals surface area contributed by atoms with Gasteiger partial charge in [-0.15, -0.1) is 0 Å². The third-order valence-electron chi connectivity index (χ3n) is 2.44. The number of likely N-dealkylation sites (tertiary alicyclic amines) is 1. The maximum Gasteiger partial charge on any atom is 0.224 e. The van der Waals surface area contributed by atoms with E-state index in [-0.39, 0.29) is 17.9 Å². The molecule has 0 bridgehead atoms. The average Bonchev–Trinajstić information content (AvgIpc) is 2.56. The summed E-state index contributed by atoms with van der Waals surface area (Å²) in [7, 11) is 0. The van der Waals surface area contributed by atoms with Crippen LogP contribution in [0.4, 0.5) is 0 Å². The minimum atomic E-state index is -0.133. The number of ether oxygens (including phenoxy) is 1. The molecule has 78 valence electrons. The first-order chi connectivity index (χ1) is 6.69. The van der Waals surface area contributed by atoms with E-state index < -0.39 is 0 Å². The van der Waals surface area contributed by atoms with Crippen LogP contribution in [0.25, 0.3) is 0 Å². The summed E-state index contributed by atoms with van der Waals surface area (Å²) in [5, 5.41) is 8.70. The van der Waals surface area contributed by atoms with Crippen molar-refractivity contribution in [3.05, 3.63) is 0 Å². The van der Waals surface area contributed by atoms with Gasteiger partial charge in [-0.3, -0.25) is 4.79 Å². The van der Waals surface area contributed by atoms with Crippen LogP contribution >= 0.6 is 0 Å². The van der Waals surface area contributed by atoms with Crippen molar-refractivity contribution < 1.29 is 9.53 Å². The van der Waals surface area contributed by atoms with Crippen molar-refractivity contribution in [3.63, 3.8) is 0 Å². The molecule has 1 fully saturated rings. The minimum Gasteiger partial charge on any atom is -0.380 e. The molecule has 0 aromatic carbocycles. The van der Waals surface area contributed by atoms with E-state index in [1.54, 1.807) is 4.90 Å². The zero-order chi connectivity index (χ0) is 10.6. The predicted octanol–water partition coefficient (Wildman–Crippen LogP) is 0.783. The first kappa shape index (κ1) is 11.0. The normalized spacial score (nSPS) is 23.6. The Morgan fingerprint density at radius 1 is 1.79 bits per heavy atom. The molecule has 1 heterocycles. The Morgan fingerprint density at radius 3 is 3.00 bits per heavy atom. The van der Waals surface area contributed by atoms with Crippen LogP contribution in [-0.2, 0) is 9.53 Å². The summed E-state index contributed by atoms with van der Waals surface area (Å²) in [5.74, 6) is -0.0599. The molecule has 4 nitrogen and oxygen atoms in total. The maximum atomic E-state index is 11.5. The zero-order valence-electron chi connectivity index (χ0n) is 8.69. The third-order valence-corrected chi connectivity index (χ3v) is 2.44. The van der Waals surface area contributed by atoms with Gasteiger partial charge in [0.15, 0.2) is 0 Å². The second kappa shape index (κ2) is 4.97. The molecule has 0 saturated carbocycles. The molecular formula is C10H16N2O2. The molecule has 0 radical (unpaired) electrons. The van der Waals surface area contributed by atoms with Crippen LogP contribution in [0.15, 0.2) is 0 Å². The van der Waals surface area contributed by atoms with Crippen LogP contribution in [0, 0.1) is 17.2 Å². The molecule has 1 rings (SSSR count). The zero-order valence-corrected chi connectivity index (χ0v) is 8.69. The van der Waals surface area contributed by atoms with Crippen LogP contribution in [0.2, 0.25) is 0 Å². The molecule has 0 spiro atoms. The van der Waals surface area contributed by atoms with E-state index in [4.69, 9.17) is 10.00 Å². The lowest BCUT2D eigenvalue weighted by molar-refractivity contribution is -0.130. The van der Waals surface area contributed by atoms with Crippen LogP contribution in [0.1, 0.15) is 20.3 Å². The molecule has 1 aliphatic rings. The van der Waals surface area contributed by atoms with Gasteiger partial charge in [-0.2, -0.15) is 5.26 Å². The first-order valence-corrected chi connectivity index (χ1v) is 4.95. The fraction of sp³-hybridized carbons (Fsp3) is 0.800. The van der Waals surface area contributed by atoms with E-state index in [2.05, 4.69) is 6.07 Å². The van der Waals surface area contributed by atoms with Gasteiger partial charge in [-0.25, -0.2) is 0 Å². The van der Waals surface area contributed by atoms with E-state index in [1.165, 1.54) is 0 Å². The Balaban J connectivity index is 2.45. The molecule has 4 heteroatoms. The van der Waals surface area contributed by atoms with Gasteiger partial charge in [0.1, 0.15) is 0 Å². The molecular weight excluding hydrogens is 180 g/mol. The number of carbonyl (C=O) groups is 1. The van der Waals surface area contributed by atoms with E-state index in [0.29, 0.717) is 26.2 Å². The fourth-order valence-electron chi connectivity index (χ4n) is 1.62. The van der Waals surface area contributed by atoms with Gasteiger partial charge in [-0.1, -0.05) is 0 Å². The van der Waals surface area contributed by atoms with Crippen LogP contribution in [-0.4, -0.2) is 36.6 Å². The molecule has 0 aliphatic carbocycles. The lowest BCUT2D eigenvalue weighted by atomic mass is 10.1. The first-order valence-electron chi connectivity index (χ1n) is 4.95. The number of hydrogen-bond acceptors (Lipinski definition) is 3. The number of rotatable bonds is 4. The smallest absolute Gasteiger partial charge is 0.224 e. The predicted molar refractivity (Wildman–Crippen MR) is 51.4 cm³/mol. The van der Waals surface area contributed by atoms with Gasteiger partial charge in [0, 0.05) is 19.6 Å². The SMILES string of the molecule is CCOCC(C)N1CC(C#N)CC1=O. The van der Waals surface area contributed by atoms with Crippen molar-refractivity contribution in [2.45, 2.75) is 26.3 Å². The highest BCUT2D eigenvalue weighted by atomic mass is 16.5. The Morgan fingerprint density at radius 2 is 2.50 bits per heavy atom. The topological polar surface area (TPSA) is 53.3 Å². The number of nitriles is 1. The van der Waals surface area contributed by atoms with Crippen LogP contribution in [0.3, 0.4) is 0 Å². The van der Waals surface area contributed by atoms with Gasteiger partial charge in [-0.05, 0) is 13.8 Å². The Hall–Kier alpha value is -1.08. The Kier molecular flexibility index (Phi) is 3.90. The maximum absolute atomic E-state index is 11.5. The van der Waals surface area contributed by atoms with Crippen LogP contribution < -0.4 is 0 Å². The van der Waals surface area contributed by atoms with Crippen LogP contribution in [0.5, 0.6) is 0 Å². The highest BCUT2D eigenvalue weighted by Crippen LogP contribution is 2.19. The quantitative estimate of drug-likeness (QED) is 0.667. The average molecular weight is 196 g/mol. The summed E-state index contributed by atoms with van der Waals surface area (Å²) in [6.45, 7) is 5.65. The summed E-state index contributed by atoms with van der Waals surface area (Å²) >= 11 is 0. The summed E-state index contributed by atoms with van der Waals surface area (Å²) in [6, 6.07) is 2.22. The van der Waals surface area contributed by atoms with E-state index >= 15 is 0 Å². The summed E-state index contributed by atoms with van der Waals surface area (Å²) < 4.78 is 5.25. The van der Waals surface area contributed by atoms with Gasteiger partial charge in [0.2, 0.25) is 5.91 Å². The lowest BCUT2D eigenvalue weighted by Gasteiger charge is -2.23. The van der Waals surface area contributed by atoms with E-state index in [0.717, 1.165) is 0 Å². The number of nitrogens with zero attached hydrogens (tertiary/aromatic N) is 2. The minimum absolute atomic E-state index is 0.0729. The van der Waals surface area contributed by atoms with Gasteiger partial charge < -0.3 is 9.64 Å². The van der Waals surface area contributed by atoms with Crippen molar-refractivity contribution in [1.82, 2.24) is 4.90 Å². The molecule has 0 N–H and O–H groups in total. The molecule has 1 amide bonds. The standard InChI is InChI=1S/C10H16N2O2/c1-3-14-7-8(2)12-6-9(5-11)4-10(12)13/h8-9H,3-4,6-7H2,1-2H3. The second-order valence-corrected chi connectivity index (χ2v) is 3.58. The van der Waals surface area contributed by atoms with Crippen molar-refractivity contribution >= 4 is 5.91 Å². The molecule has 1 saturated heterocycles. The summed E-state index contributed by atoms with van der Waals surface area (Å²) in [6.07, 6.45) is 0.368. The van der Waals surface area contributed by atoms with Gasteiger partial charge in [0.05, 0.1) is 24.6 Å². The Labute approximate surface area is 84.4 Å². The van der Waals surface area contributed by atoms with Crippen molar-refractivity contribution in [1.29, 1.82) is 5.26 Å². The third kappa shape index (κ3) is 2.46. The van der Waals surface area contributed by atoms with Crippen molar-refractivity contribution in [2.75, 3.05) is 19.8 Å². The van der Waals surface area contributed by atoms with Gasteiger partial charge in [0.25, 0.3) is 0 Å². The summed E-state index contributed by atoms with van der Waals surface area (Å²) in [4.78, 5) is 13.2. The monoisotopic (exact) mass is 196 g/mol. The molecule has 2 atom stereocenters. The number of amides is 1. The van der Waals surface area contributed by atoms with Crippen molar-refractivity contribution in [3.8, 4) is 6.07 Å². The fourth-order valence-corrected chi connectivity index (χ4v) is 1.62. The molecule has 1 aliphatic heterocycles. The summed E-state index contributed by atoms with van der Waals surface area (Å²) in [5.41, 5.74) is 0. The van der Waals surface area contributed by atoms with Crippen molar-refractivity contribution in [2.24, 2.45) is 5.92 Å². The highest BCUT2D eigenvalue weighted by molar-refractivity contribution is 5.79. The molecule has 2 unspecified atom stereocenters. The number of hydrogen-bond donors (Lipinski definition) is 0. The van der Waals surface area contributed by atoms with Gasteiger partial charge >= 0.3 is 0 Å². The highest BCUT2D eigenvalue weighted by Gasteiger charge is 2.32. The molecule has 0 aromatic rings. The molecule has 14 heavy (non-hydrogen) atoms. The van der Waals surface area contributed by atoms with E-state index in [1.807, 2.05) is 13.8 Å². The van der Waals surface area contributed by atoms with E-state index in [9.17, 15) is 4.79 Å². The molecule has 0 aromatic heterocycles. The largest absolute Gasteiger partial charge is 0.380 e. The number of carbonyl (C=O) groups excluding carboxylic acids is 1. The second-order valence-electron chi connectivity index (χ2n) is 3.58. The lowest BCUT2D eigenvalue weighted by Crippen LogP contribution is -2.37.